The molecule has 0 aromatic carbocycles. The second kappa shape index (κ2) is 5.48. The van der Waals surface area contributed by atoms with Crippen LogP contribution in [0.2, 0.25) is 0 Å². The van der Waals surface area contributed by atoms with Gasteiger partial charge in [-0.05, 0) is 12.3 Å². The molecule has 18 heavy (non-hydrogen) atoms. The van der Waals surface area contributed by atoms with E-state index >= 15 is 0 Å². The third kappa shape index (κ3) is 2.87. The summed E-state index contributed by atoms with van der Waals surface area (Å²) in [5, 5.41) is 18.0. The summed E-state index contributed by atoms with van der Waals surface area (Å²) >= 11 is 1.61. The zero-order valence-corrected chi connectivity index (χ0v) is 12.1. The fourth-order valence-electron chi connectivity index (χ4n) is 1.82. The second-order valence-corrected chi connectivity index (χ2v) is 5.64. The van der Waals surface area contributed by atoms with Gasteiger partial charge in [-0.3, -0.25) is 4.68 Å². The molecule has 2 aromatic rings. The van der Waals surface area contributed by atoms with Crippen LogP contribution in [0, 0.1) is 0 Å². The van der Waals surface area contributed by atoms with Gasteiger partial charge in [-0.25, -0.2) is 0 Å². The minimum Gasteiger partial charge on any atom is -0.356 e. The summed E-state index contributed by atoms with van der Waals surface area (Å²) in [6.07, 6.45) is 2.99. The zero-order chi connectivity index (χ0) is 13.1. The van der Waals surface area contributed by atoms with Gasteiger partial charge in [0, 0.05) is 25.4 Å². The summed E-state index contributed by atoms with van der Waals surface area (Å²) in [6, 6.07) is 0. The Morgan fingerprint density at radius 3 is 2.78 bits per heavy atom. The third-order valence-corrected chi connectivity index (χ3v) is 3.71. The maximum atomic E-state index is 4.49. The summed E-state index contributed by atoms with van der Waals surface area (Å²) in [7, 11) is 1.95. The summed E-state index contributed by atoms with van der Waals surface area (Å²) in [4.78, 5) is 0. The summed E-state index contributed by atoms with van der Waals surface area (Å²) < 4.78 is 1.86. The number of rotatable bonds is 5. The lowest BCUT2D eigenvalue weighted by Crippen LogP contribution is -2.02. The van der Waals surface area contributed by atoms with E-state index in [1.165, 1.54) is 5.56 Å². The molecule has 6 heteroatoms. The first-order valence-corrected chi connectivity index (χ1v) is 7.00. The first-order chi connectivity index (χ1) is 8.60. The topological polar surface area (TPSA) is 55.6 Å². The Bertz CT molecular complexity index is 514. The molecule has 2 heterocycles. The van der Waals surface area contributed by atoms with Gasteiger partial charge in [0.2, 0.25) is 5.13 Å². The highest BCUT2D eigenvalue weighted by Crippen LogP contribution is 2.20. The van der Waals surface area contributed by atoms with E-state index < -0.39 is 0 Å². The molecule has 0 atom stereocenters. The van der Waals surface area contributed by atoms with Gasteiger partial charge in [0.05, 0.1) is 5.69 Å². The number of nitrogens with zero attached hydrogens (tertiary/aromatic N) is 4. The molecule has 0 saturated heterocycles. The van der Waals surface area contributed by atoms with Crippen molar-refractivity contribution in [2.45, 2.75) is 39.7 Å². The summed E-state index contributed by atoms with van der Waals surface area (Å²) in [5.41, 5.74) is 2.37. The lowest BCUT2D eigenvalue weighted by molar-refractivity contribution is 0.712. The zero-order valence-electron chi connectivity index (χ0n) is 11.3. The van der Waals surface area contributed by atoms with Crippen LogP contribution < -0.4 is 5.32 Å². The molecule has 98 valence electrons. The number of hydrogen-bond donors (Lipinski definition) is 1. The van der Waals surface area contributed by atoms with Crippen molar-refractivity contribution in [3.8, 4) is 0 Å². The monoisotopic (exact) mass is 265 g/mol. The van der Waals surface area contributed by atoms with Crippen molar-refractivity contribution < 1.29 is 0 Å². The predicted octanol–water partition coefficient (Wildman–Crippen LogP) is 2.57. The van der Waals surface area contributed by atoms with Crippen LogP contribution in [-0.2, 0) is 20.0 Å². The molecule has 0 unspecified atom stereocenters. The molecule has 2 rings (SSSR count). The number of hydrogen-bond acceptors (Lipinski definition) is 5. The van der Waals surface area contributed by atoms with E-state index in [-0.39, 0.29) is 0 Å². The van der Waals surface area contributed by atoms with Crippen LogP contribution in [0.4, 0.5) is 5.13 Å². The minimum atomic E-state index is 0.434. The Morgan fingerprint density at radius 1 is 1.39 bits per heavy atom. The maximum Gasteiger partial charge on any atom is 0.205 e. The highest BCUT2D eigenvalue weighted by atomic mass is 32.1. The van der Waals surface area contributed by atoms with Gasteiger partial charge < -0.3 is 5.32 Å². The lowest BCUT2D eigenvalue weighted by atomic mass is 10.1. The number of aryl methyl sites for hydroxylation is 2. The quantitative estimate of drug-likeness (QED) is 0.902. The van der Waals surface area contributed by atoms with E-state index in [1.54, 1.807) is 11.3 Å². The van der Waals surface area contributed by atoms with Gasteiger partial charge >= 0.3 is 0 Å². The molecule has 5 nitrogen and oxygen atoms in total. The molecule has 0 bridgehead atoms. The molecule has 0 saturated carbocycles. The molecule has 0 aliphatic heterocycles. The molecule has 0 aliphatic carbocycles. The molecule has 0 spiro atoms. The third-order valence-electron chi connectivity index (χ3n) is 2.68. The average Bonchev–Trinajstić information content (AvgIpc) is 2.92. The fraction of sp³-hybridized carbons (Fsp3) is 0.583. The van der Waals surface area contributed by atoms with Gasteiger partial charge in [-0.2, -0.15) is 5.10 Å². The van der Waals surface area contributed by atoms with Crippen LogP contribution in [-0.4, -0.2) is 20.0 Å². The molecule has 1 N–H and O–H groups in total. The van der Waals surface area contributed by atoms with Gasteiger partial charge in [-0.1, -0.05) is 32.1 Å². The van der Waals surface area contributed by atoms with Crippen LogP contribution >= 0.6 is 11.3 Å². The van der Waals surface area contributed by atoms with Crippen LogP contribution in [0.1, 0.15) is 43.0 Å². The van der Waals surface area contributed by atoms with Crippen molar-refractivity contribution in [3.05, 3.63) is 22.5 Å². The van der Waals surface area contributed by atoms with Crippen molar-refractivity contribution >= 4 is 16.5 Å². The molecule has 0 radical (unpaired) electrons. The van der Waals surface area contributed by atoms with E-state index in [2.05, 4.69) is 47.6 Å². The SMILES string of the molecule is CCc1nnc(NCc2cn(C)nc2C(C)C)s1. The van der Waals surface area contributed by atoms with Crippen molar-refractivity contribution in [3.63, 3.8) is 0 Å². The highest BCUT2D eigenvalue weighted by Gasteiger charge is 2.11. The Kier molecular flexibility index (Phi) is 3.96. The molecular weight excluding hydrogens is 246 g/mol. The molecular formula is C12H19N5S. The first-order valence-electron chi connectivity index (χ1n) is 6.18. The first kappa shape index (κ1) is 13.0. The van der Waals surface area contributed by atoms with E-state index in [9.17, 15) is 0 Å². The largest absolute Gasteiger partial charge is 0.356 e. The number of aromatic nitrogens is 4. The van der Waals surface area contributed by atoms with Gasteiger partial charge in [0.25, 0.3) is 0 Å². The minimum absolute atomic E-state index is 0.434. The number of nitrogens with one attached hydrogen (secondary N) is 1. The van der Waals surface area contributed by atoms with E-state index in [0.29, 0.717) is 5.92 Å². The van der Waals surface area contributed by atoms with Crippen molar-refractivity contribution in [2.75, 3.05) is 5.32 Å². The molecule has 0 fully saturated rings. The van der Waals surface area contributed by atoms with Crippen LogP contribution in [0.25, 0.3) is 0 Å². The molecule has 0 aliphatic rings. The van der Waals surface area contributed by atoms with Crippen LogP contribution in [0.5, 0.6) is 0 Å². The Hall–Kier alpha value is -1.43. The van der Waals surface area contributed by atoms with Crippen molar-refractivity contribution in [2.24, 2.45) is 7.05 Å². The van der Waals surface area contributed by atoms with Gasteiger partial charge in [0.15, 0.2) is 0 Å². The van der Waals surface area contributed by atoms with Gasteiger partial charge in [-0.15, -0.1) is 10.2 Å². The van der Waals surface area contributed by atoms with Crippen molar-refractivity contribution in [1.82, 2.24) is 20.0 Å². The summed E-state index contributed by atoms with van der Waals surface area (Å²) in [6.45, 7) is 7.15. The van der Waals surface area contributed by atoms with E-state index in [4.69, 9.17) is 0 Å². The van der Waals surface area contributed by atoms with Crippen molar-refractivity contribution in [1.29, 1.82) is 0 Å². The average molecular weight is 265 g/mol. The van der Waals surface area contributed by atoms with E-state index in [1.807, 2.05) is 11.7 Å². The van der Waals surface area contributed by atoms with Crippen LogP contribution in [0.15, 0.2) is 6.20 Å². The Labute approximate surface area is 111 Å². The van der Waals surface area contributed by atoms with Crippen LogP contribution in [0.3, 0.4) is 0 Å². The highest BCUT2D eigenvalue weighted by molar-refractivity contribution is 7.15. The predicted molar refractivity (Wildman–Crippen MR) is 73.9 cm³/mol. The Morgan fingerprint density at radius 2 is 2.17 bits per heavy atom. The Balaban J connectivity index is 2.05. The van der Waals surface area contributed by atoms with E-state index in [0.717, 1.165) is 28.8 Å². The second-order valence-electron chi connectivity index (χ2n) is 4.58. The lowest BCUT2D eigenvalue weighted by Gasteiger charge is -2.05. The molecule has 2 aromatic heterocycles. The standard InChI is InChI=1S/C12H19N5S/c1-5-10-14-15-12(18-10)13-6-9-7-17(4)16-11(9)8(2)3/h7-8H,5-6H2,1-4H3,(H,13,15). The smallest absolute Gasteiger partial charge is 0.205 e. The summed E-state index contributed by atoms with van der Waals surface area (Å²) in [5.74, 6) is 0.434. The van der Waals surface area contributed by atoms with Gasteiger partial charge in [0.1, 0.15) is 5.01 Å². The molecule has 0 amide bonds. The normalized spacial score (nSPS) is 11.2. The maximum absolute atomic E-state index is 4.49. The fourth-order valence-corrected chi connectivity index (χ4v) is 2.49. The number of anilines is 1.